The molecule has 0 fully saturated rings. The Labute approximate surface area is 138 Å². The standard InChI is InChI=1S/C19H16N2O3/c1-21-12-14(11-15(21)9-10-18(22)20-24)19(23)17-8-4-6-13-5-2-3-7-16(13)17/h2-12,24H,1H3,(H,20,22)/b10-9+. The lowest BCUT2D eigenvalue weighted by atomic mass is 9.98. The van der Waals surface area contributed by atoms with E-state index in [0.29, 0.717) is 16.8 Å². The lowest BCUT2D eigenvalue weighted by Gasteiger charge is -2.04. The van der Waals surface area contributed by atoms with Gasteiger partial charge in [-0.3, -0.25) is 14.8 Å². The van der Waals surface area contributed by atoms with Crippen LogP contribution in [0.25, 0.3) is 16.8 Å². The first-order valence-corrected chi connectivity index (χ1v) is 7.41. The monoisotopic (exact) mass is 320 g/mol. The molecule has 0 saturated carbocycles. The molecule has 24 heavy (non-hydrogen) atoms. The number of hydrogen-bond donors (Lipinski definition) is 2. The Morgan fingerprint density at radius 2 is 1.88 bits per heavy atom. The minimum Gasteiger partial charge on any atom is -0.350 e. The predicted molar refractivity (Wildman–Crippen MR) is 91.8 cm³/mol. The number of aromatic nitrogens is 1. The Morgan fingerprint density at radius 3 is 2.67 bits per heavy atom. The largest absolute Gasteiger partial charge is 0.350 e. The van der Waals surface area contributed by atoms with Crippen molar-refractivity contribution in [3.05, 3.63) is 77.6 Å². The van der Waals surface area contributed by atoms with E-state index in [-0.39, 0.29) is 5.78 Å². The third-order valence-electron chi connectivity index (χ3n) is 3.86. The molecule has 0 bridgehead atoms. The van der Waals surface area contributed by atoms with Crippen molar-refractivity contribution in [1.82, 2.24) is 10.0 Å². The minimum absolute atomic E-state index is 0.0753. The SMILES string of the molecule is Cn1cc(C(=O)c2cccc3ccccc23)cc1/C=C/C(=O)NO. The average Bonchev–Trinajstić information content (AvgIpc) is 2.99. The van der Waals surface area contributed by atoms with Crippen LogP contribution in [0.4, 0.5) is 0 Å². The lowest BCUT2D eigenvalue weighted by Crippen LogP contribution is -2.14. The van der Waals surface area contributed by atoms with Crippen molar-refractivity contribution in [1.29, 1.82) is 0 Å². The molecule has 5 heteroatoms. The van der Waals surface area contributed by atoms with Crippen LogP contribution in [-0.4, -0.2) is 21.5 Å². The molecule has 0 radical (unpaired) electrons. The third-order valence-corrected chi connectivity index (χ3v) is 3.86. The molecule has 0 aliphatic carbocycles. The lowest BCUT2D eigenvalue weighted by molar-refractivity contribution is -0.124. The van der Waals surface area contributed by atoms with Crippen molar-refractivity contribution in [2.45, 2.75) is 0 Å². The number of nitrogens with one attached hydrogen (secondary N) is 1. The molecule has 0 atom stereocenters. The van der Waals surface area contributed by atoms with Gasteiger partial charge in [0.2, 0.25) is 0 Å². The highest BCUT2D eigenvalue weighted by Crippen LogP contribution is 2.22. The number of fused-ring (bicyclic) bond motifs is 1. The van der Waals surface area contributed by atoms with Crippen LogP contribution in [0.2, 0.25) is 0 Å². The van der Waals surface area contributed by atoms with Crippen LogP contribution in [0.3, 0.4) is 0 Å². The molecule has 3 aromatic rings. The van der Waals surface area contributed by atoms with Crippen molar-refractivity contribution in [3.63, 3.8) is 0 Å². The van der Waals surface area contributed by atoms with E-state index in [9.17, 15) is 9.59 Å². The van der Waals surface area contributed by atoms with Crippen LogP contribution in [0.15, 0.2) is 60.8 Å². The highest BCUT2D eigenvalue weighted by atomic mass is 16.5. The van der Waals surface area contributed by atoms with Crippen LogP contribution >= 0.6 is 0 Å². The van der Waals surface area contributed by atoms with E-state index in [1.165, 1.54) is 17.6 Å². The van der Waals surface area contributed by atoms with E-state index in [0.717, 1.165) is 10.8 Å². The van der Waals surface area contributed by atoms with Gasteiger partial charge in [0.15, 0.2) is 5.78 Å². The number of nitrogens with zero attached hydrogens (tertiary/aromatic N) is 1. The molecule has 0 spiro atoms. The van der Waals surface area contributed by atoms with E-state index in [2.05, 4.69) is 0 Å². The van der Waals surface area contributed by atoms with Crippen molar-refractivity contribution in [2.75, 3.05) is 0 Å². The van der Waals surface area contributed by atoms with Crippen LogP contribution in [-0.2, 0) is 11.8 Å². The van der Waals surface area contributed by atoms with E-state index in [4.69, 9.17) is 5.21 Å². The summed E-state index contributed by atoms with van der Waals surface area (Å²) in [7, 11) is 1.79. The molecule has 5 nitrogen and oxygen atoms in total. The minimum atomic E-state index is -0.627. The van der Waals surface area contributed by atoms with Crippen molar-refractivity contribution < 1.29 is 14.8 Å². The Kier molecular flexibility index (Phi) is 4.26. The van der Waals surface area contributed by atoms with Crippen molar-refractivity contribution in [2.24, 2.45) is 7.05 Å². The Hall–Kier alpha value is -3.18. The van der Waals surface area contributed by atoms with E-state index in [1.807, 2.05) is 42.5 Å². The highest BCUT2D eigenvalue weighted by Gasteiger charge is 2.14. The smallest absolute Gasteiger partial charge is 0.267 e. The zero-order valence-electron chi connectivity index (χ0n) is 13.1. The summed E-state index contributed by atoms with van der Waals surface area (Å²) >= 11 is 0. The molecule has 2 aromatic carbocycles. The maximum Gasteiger partial charge on any atom is 0.267 e. The van der Waals surface area contributed by atoms with Gasteiger partial charge >= 0.3 is 0 Å². The first-order valence-electron chi connectivity index (χ1n) is 7.41. The average molecular weight is 320 g/mol. The fourth-order valence-electron chi connectivity index (χ4n) is 2.65. The molecule has 1 heterocycles. The zero-order chi connectivity index (χ0) is 17.1. The van der Waals surface area contributed by atoms with Gasteiger partial charge in [0.05, 0.1) is 0 Å². The fraction of sp³-hybridized carbons (Fsp3) is 0.0526. The topological polar surface area (TPSA) is 71.3 Å². The molecular weight excluding hydrogens is 304 g/mol. The Morgan fingerprint density at radius 1 is 1.12 bits per heavy atom. The van der Waals surface area contributed by atoms with Gasteiger partial charge in [0, 0.05) is 36.1 Å². The van der Waals surface area contributed by atoms with E-state index >= 15 is 0 Å². The number of ketones is 1. The second kappa shape index (κ2) is 6.52. The quantitative estimate of drug-likeness (QED) is 0.336. The van der Waals surface area contributed by atoms with Gasteiger partial charge in [-0.1, -0.05) is 42.5 Å². The van der Waals surface area contributed by atoms with Crippen LogP contribution in [0, 0.1) is 0 Å². The third kappa shape index (κ3) is 2.98. The number of carbonyl (C=O) groups excluding carboxylic acids is 2. The number of hydrogen-bond acceptors (Lipinski definition) is 3. The molecule has 3 rings (SSSR count). The van der Waals surface area contributed by atoms with Crippen LogP contribution in [0.5, 0.6) is 0 Å². The number of amides is 1. The first-order chi connectivity index (χ1) is 11.6. The molecule has 0 unspecified atom stereocenters. The first kappa shape index (κ1) is 15.7. The number of hydroxylamine groups is 1. The van der Waals surface area contributed by atoms with Gasteiger partial charge in [0.1, 0.15) is 0 Å². The van der Waals surface area contributed by atoms with Crippen LogP contribution < -0.4 is 5.48 Å². The van der Waals surface area contributed by atoms with E-state index < -0.39 is 5.91 Å². The predicted octanol–water partition coefficient (Wildman–Crippen LogP) is 2.93. The summed E-state index contributed by atoms with van der Waals surface area (Å²) in [6.07, 6.45) is 4.45. The summed E-state index contributed by atoms with van der Waals surface area (Å²) in [4.78, 5) is 23.9. The number of benzene rings is 2. The van der Waals surface area contributed by atoms with Gasteiger partial charge in [-0.05, 0) is 22.9 Å². The number of aryl methyl sites for hydroxylation is 1. The van der Waals surface area contributed by atoms with Gasteiger partial charge in [-0.15, -0.1) is 0 Å². The normalized spacial score (nSPS) is 11.1. The summed E-state index contributed by atoms with van der Waals surface area (Å²) < 4.78 is 1.75. The summed E-state index contributed by atoms with van der Waals surface area (Å²) in [6, 6.07) is 15.1. The summed E-state index contributed by atoms with van der Waals surface area (Å²) in [5.74, 6) is -0.702. The molecule has 0 saturated heterocycles. The summed E-state index contributed by atoms with van der Waals surface area (Å²) in [5, 5.41) is 10.4. The highest BCUT2D eigenvalue weighted by molar-refractivity contribution is 6.16. The fourth-order valence-corrected chi connectivity index (χ4v) is 2.65. The summed E-state index contributed by atoms with van der Waals surface area (Å²) in [5.41, 5.74) is 3.39. The summed E-state index contributed by atoms with van der Waals surface area (Å²) in [6.45, 7) is 0. The Bertz CT molecular complexity index is 949. The number of rotatable bonds is 4. The Balaban J connectivity index is 1.98. The van der Waals surface area contributed by atoms with Gasteiger partial charge in [0.25, 0.3) is 5.91 Å². The molecule has 1 amide bonds. The molecule has 120 valence electrons. The molecule has 0 aliphatic rings. The second-order valence-electron chi connectivity index (χ2n) is 5.43. The molecule has 0 aliphatic heterocycles. The van der Waals surface area contributed by atoms with E-state index in [1.54, 1.807) is 23.9 Å². The molecule has 1 aromatic heterocycles. The van der Waals surface area contributed by atoms with Gasteiger partial charge in [-0.2, -0.15) is 0 Å². The van der Waals surface area contributed by atoms with Crippen molar-refractivity contribution in [3.8, 4) is 0 Å². The molecular formula is C19H16N2O3. The van der Waals surface area contributed by atoms with Gasteiger partial charge in [-0.25, -0.2) is 5.48 Å². The second-order valence-corrected chi connectivity index (χ2v) is 5.43. The van der Waals surface area contributed by atoms with Crippen LogP contribution in [0.1, 0.15) is 21.6 Å². The maximum atomic E-state index is 12.9. The zero-order valence-corrected chi connectivity index (χ0v) is 13.1. The van der Waals surface area contributed by atoms with Crippen molar-refractivity contribution >= 4 is 28.5 Å². The molecule has 2 N–H and O–H groups in total. The van der Waals surface area contributed by atoms with Gasteiger partial charge < -0.3 is 4.57 Å². The maximum absolute atomic E-state index is 12.9. The number of carbonyl (C=O) groups is 2.